The summed E-state index contributed by atoms with van der Waals surface area (Å²) in [5.74, 6) is -2.67. The van der Waals surface area contributed by atoms with Gasteiger partial charge >= 0.3 is 0 Å². The molecular weight excluding hydrogens is 1700 g/mol. The van der Waals surface area contributed by atoms with E-state index in [9.17, 15) is 51.4 Å². The van der Waals surface area contributed by atoms with Crippen LogP contribution in [0.25, 0.3) is 0 Å². The molecule has 0 radical (unpaired) electrons. The predicted octanol–water partition coefficient (Wildman–Crippen LogP) is 25.1. The van der Waals surface area contributed by atoms with Gasteiger partial charge in [0, 0.05) is 69.2 Å². The molecule has 0 amide bonds. The first-order chi connectivity index (χ1) is 48.1. The molecule has 0 aliphatic heterocycles. The molecule has 102 heavy (non-hydrogen) atoms. The summed E-state index contributed by atoms with van der Waals surface area (Å²) in [6.07, 6.45) is 0.538. The number of hydrogen-bond acceptors (Lipinski definition) is 16. The van der Waals surface area contributed by atoms with E-state index in [1.54, 1.807) is 36.4 Å². The molecule has 3 N–H and O–H groups in total. The zero-order valence-electron chi connectivity index (χ0n) is 51.9. The number of nitrogens with two attached hydrogens (primary N) is 1. The topological polar surface area (TPSA) is 233 Å². The summed E-state index contributed by atoms with van der Waals surface area (Å²) in [5, 5.41) is 30.1. The van der Waals surface area contributed by atoms with Crippen LogP contribution in [0.2, 0.25) is 50.2 Å². The molecule has 10 rings (SSSR count). The Hall–Kier alpha value is -8.09. The van der Waals surface area contributed by atoms with Gasteiger partial charge < -0.3 is 53.5 Å². The van der Waals surface area contributed by atoms with Crippen molar-refractivity contribution in [3.63, 3.8) is 0 Å². The average Bonchev–Trinajstić information content (AvgIpc) is 0.829. The fraction of sp³-hybridized carbons (Fsp3) is 0.0758. The number of hydrogen-bond donors (Lipinski definition) is 2. The molecule has 0 fully saturated rings. The van der Waals surface area contributed by atoms with Crippen molar-refractivity contribution >= 4 is 171 Å². The number of ether oxygens (including phenoxy) is 9. The Morgan fingerprint density at radius 1 is 0.382 bits per heavy atom. The van der Waals surface area contributed by atoms with Crippen LogP contribution >= 0.6 is 148 Å². The number of anilines is 1. The molecule has 0 aliphatic rings. The van der Waals surface area contributed by atoms with E-state index in [0.29, 0.717) is 43.9 Å². The Labute approximate surface area is 642 Å². The number of aromatic hydroxyl groups is 1. The van der Waals surface area contributed by atoms with Gasteiger partial charge in [0.05, 0.1) is 101 Å². The van der Waals surface area contributed by atoms with Crippen molar-refractivity contribution in [2.24, 2.45) is 0 Å². The molecule has 0 saturated heterocycles. The highest BCUT2D eigenvalue weighted by atomic mass is 79.9. The summed E-state index contributed by atoms with van der Waals surface area (Å²) < 4.78 is 128. The summed E-state index contributed by atoms with van der Waals surface area (Å²) >= 11 is 64.8. The van der Waals surface area contributed by atoms with Gasteiger partial charge in [-0.25, -0.2) is 26.3 Å². The van der Waals surface area contributed by atoms with Crippen LogP contribution in [-0.2, 0) is 0 Å². The van der Waals surface area contributed by atoms with Crippen LogP contribution < -0.4 is 48.4 Å². The van der Waals surface area contributed by atoms with Crippen molar-refractivity contribution in [3.8, 4) is 80.5 Å². The number of non-ortho nitro benzene ring substituents is 2. The Balaban J connectivity index is 0.000000224. The number of phenols is 1. The van der Waals surface area contributed by atoms with Crippen LogP contribution in [0.15, 0.2) is 155 Å². The lowest BCUT2D eigenvalue weighted by Crippen LogP contribution is -1.96. The number of benzene rings is 10. The molecule has 10 aromatic rings. The Morgan fingerprint density at radius 2 is 0.667 bits per heavy atom. The fourth-order valence-electron chi connectivity index (χ4n) is 7.35. The second kappa shape index (κ2) is 40.1. The SMILES string of the molecule is COc1cc(F)c(Oc2c(Cl)cc(Br)cc2Cl)cc1C=O.COc1ccc(O)c(F)c1.COc1ccc(Oc2c(Cl)cc(Br)cc2Cl)c(F)c1.COc1ccc(Oc2c(Cl)cc(N)cc2Cl)c(F)c1.COc1ccc(Oc2c(Cl)cc([N+](=O)[O-])cc2Cl)c(F)c1.O=[N+]([O-])c1cc(Cl)c(F)c(Cl)c1. The minimum atomic E-state index is -0.844. The number of nitrogens with zero attached hydrogens (tertiary/aromatic N) is 2. The first-order valence-electron chi connectivity index (χ1n) is 27.2. The third-order valence-electron chi connectivity index (χ3n) is 12.2. The number of rotatable bonds is 16. The normalized spacial score (nSPS) is 10.2. The predicted molar refractivity (Wildman–Crippen MR) is 387 cm³/mol. The Bertz CT molecular complexity index is 4480. The van der Waals surface area contributed by atoms with Gasteiger partial charge in [-0.05, 0) is 91.0 Å². The molecule has 0 aliphatic carbocycles. The second-order valence-corrected chi connectivity index (χ2v) is 24.8. The molecule has 0 unspecified atom stereocenters. The van der Waals surface area contributed by atoms with E-state index in [1.807, 2.05) is 0 Å². The maximum absolute atomic E-state index is 14.0. The number of aldehydes is 1. The van der Waals surface area contributed by atoms with Crippen molar-refractivity contribution < 1.29 is 88.7 Å². The smallest absolute Gasteiger partial charge is 0.272 e. The van der Waals surface area contributed by atoms with Crippen LogP contribution in [-0.4, -0.2) is 56.8 Å². The number of nitro groups is 2. The van der Waals surface area contributed by atoms with Crippen LogP contribution in [0, 0.1) is 55.1 Å². The molecule has 0 heterocycles. The van der Waals surface area contributed by atoms with Gasteiger partial charge in [0.25, 0.3) is 11.4 Å². The van der Waals surface area contributed by atoms with E-state index in [2.05, 4.69) is 31.9 Å². The summed E-state index contributed by atoms with van der Waals surface area (Å²) in [7, 11) is 7.08. The van der Waals surface area contributed by atoms with Crippen molar-refractivity contribution in [2.75, 3.05) is 41.3 Å². The third-order valence-corrected chi connectivity index (χ3v) is 15.9. The van der Waals surface area contributed by atoms with Crippen LogP contribution in [0.4, 0.5) is 43.4 Å². The van der Waals surface area contributed by atoms with E-state index in [1.165, 1.54) is 102 Å². The lowest BCUT2D eigenvalue weighted by Gasteiger charge is -2.12. The van der Waals surface area contributed by atoms with Gasteiger partial charge in [0.2, 0.25) is 0 Å². The molecule has 18 nitrogen and oxygen atoms in total. The number of halogens is 18. The molecular formula is C66H43Br2Cl10F6N3O15. The Kier molecular flexibility index (Phi) is 33.2. The van der Waals surface area contributed by atoms with Crippen LogP contribution in [0.5, 0.6) is 80.5 Å². The average molecular weight is 1750 g/mol. The van der Waals surface area contributed by atoms with E-state index < -0.39 is 44.7 Å². The van der Waals surface area contributed by atoms with Gasteiger partial charge in [-0.3, -0.25) is 25.0 Å². The first kappa shape index (κ1) is 84.6. The molecule has 0 bridgehead atoms. The number of carbonyl (C=O) groups excluding carboxylic acids is 1. The van der Waals surface area contributed by atoms with E-state index in [4.69, 9.17) is 169 Å². The highest BCUT2D eigenvalue weighted by Crippen LogP contribution is 2.45. The zero-order chi connectivity index (χ0) is 76.0. The largest absolute Gasteiger partial charge is 0.505 e. The molecule has 0 saturated carbocycles. The van der Waals surface area contributed by atoms with Gasteiger partial charge in [-0.15, -0.1) is 0 Å². The maximum atomic E-state index is 14.0. The van der Waals surface area contributed by atoms with Gasteiger partial charge in [-0.2, -0.15) is 0 Å². The quantitative estimate of drug-likeness (QED) is 0.0229. The van der Waals surface area contributed by atoms with Crippen molar-refractivity contribution in [1.82, 2.24) is 0 Å². The highest BCUT2D eigenvalue weighted by Gasteiger charge is 2.21. The van der Waals surface area contributed by atoms with Crippen LogP contribution in [0.1, 0.15) is 10.4 Å². The molecule has 0 aromatic heterocycles. The number of methoxy groups -OCH3 is 5. The zero-order valence-corrected chi connectivity index (χ0v) is 62.6. The fourth-order valence-corrected chi connectivity index (χ4v) is 11.5. The number of nitrogen functional groups attached to an aromatic ring is 1. The first-order valence-corrected chi connectivity index (χ1v) is 32.6. The molecule has 0 spiro atoms. The van der Waals surface area contributed by atoms with Crippen molar-refractivity contribution in [3.05, 3.63) is 265 Å². The van der Waals surface area contributed by atoms with Crippen molar-refractivity contribution in [2.45, 2.75) is 0 Å². The summed E-state index contributed by atoms with van der Waals surface area (Å²) in [4.78, 5) is 30.5. The summed E-state index contributed by atoms with van der Waals surface area (Å²) in [6.45, 7) is 0. The van der Waals surface area contributed by atoms with E-state index >= 15 is 0 Å². The minimum absolute atomic E-state index is 0.00521. The second-order valence-electron chi connectivity index (χ2n) is 18.9. The lowest BCUT2D eigenvalue weighted by molar-refractivity contribution is -0.385. The molecule has 538 valence electrons. The number of carbonyl (C=O) groups is 1. The monoisotopic (exact) mass is 1740 g/mol. The lowest BCUT2D eigenvalue weighted by atomic mass is 10.2. The van der Waals surface area contributed by atoms with Gasteiger partial charge in [-0.1, -0.05) is 148 Å². The summed E-state index contributed by atoms with van der Waals surface area (Å²) in [6, 6.07) is 31.8. The van der Waals surface area contributed by atoms with Gasteiger partial charge in [0.1, 0.15) is 28.7 Å². The number of nitro benzene ring substituents is 2. The van der Waals surface area contributed by atoms with Gasteiger partial charge in [0.15, 0.2) is 92.9 Å². The standard InChI is InChI=1S/C14H8BrCl2FO3.C13H8BrCl2FO2.C13H8Cl2FNO4.C13H10Cl2FNO2.C7H7FO2.C6H2Cl2FNO2/c1-20-12-5-11(18)13(2-7(12)6-19)21-14-9(16)3-8(15)4-10(14)17;1-18-8-2-3-12(11(17)6-8)19-13-9(15)4-7(14)5-10(13)16;1-20-8-2-3-12(11(16)6-8)21-13-9(14)4-7(17(18)19)5-10(13)15;1-18-8-2-3-12(11(16)6-8)19-13-9(14)4-7(17)5-10(13)15;1-10-5-2-3-7(9)6(8)4-5;7-4-1-3(10(11)12)2-5(8)6(4)9/h2-6H,1H3;2-6H,1H3;2-6H,1H3;2-6H,17H2,1H3;2-4,9H,1H3;1-2H. The van der Waals surface area contributed by atoms with Crippen LogP contribution in [0.3, 0.4) is 0 Å². The van der Waals surface area contributed by atoms with E-state index in [-0.39, 0.29) is 125 Å². The highest BCUT2D eigenvalue weighted by molar-refractivity contribution is 9.10. The molecule has 36 heteroatoms. The Morgan fingerprint density at radius 3 is 0.961 bits per heavy atom. The third kappa shape index (κ3) is 24.5. The van der Waals surface area contributed by atoms with Crippen molar-refractivity contribution in [1.29, 1.82) is 0 Å². The minimum Gasteiger partial charge on any atom is -0.505 e. The maximum Gasteiger partial charge on any atom is 0.272 e. The molecule has 0 atom stereocenters. The van der Waals surface area contributed by atoms with E-state index in [0.717, 1.165) is 42.5 Å². The molecule has 10 aromatic carbocycles. The number of phenolic OH excluding ortho intramolecular Hbond substituents is 1. The summed E-state index contributed by atoms with van der Waals surface area (Å²) in [5.41, 5.74) is 5.51.